The summed E-state index contributed by atoms with van der Waals surface area (Å²) in [6, 6.07) is 6.17. The van der Waals surface area contributed by atoms with Crippen LogP contribution in [0.4, 0.5) is 4.39 Å². The molecular weight excluding hydrogens is 317 g/mol. The number of carbonyl (C=O) groups excluding carboxylic acids is 1. The van der Waals surface area contributed by atoms with Crippen molar-refractivity contribution < 1.29 is 13.9 Å². The van der Waals surface area contributed by atoms with Gasteiger partial charge in [-0.1, -0.05) is 31.7 Å². The first-order valence-corrected chi connectivity index (χ1v) is 9.87. The molecule has 4 rings (SSSR count). The zero-order valence-corrected chi connectivity index (χ0v) is 14.8. The fourth-order valence-corrected chi connectivity index (χ4v) is 4.49. The van der Waals surface area contributed by atoms with Crippen LogP contribution in [0.5, 0.6) is 0 Å². The standard InChI is InChI=1S/C21H28FNO2/c22-19-6-5-15(12-18(19)21(24)11-14-3-1-2-4-14)17-13-20(17)23-16-7-9-25-10-8-16/h5-6,12,14,16-17,20,23H,1-4,7-11,13H2. The van der Waals surface area contributed by atoms with Gasteiger partial charge < -0.3 is 10.1 Å². The average molecular weight is 345 g/mol. The molecule has 3 nitrogen and oxygen atoms in total. The molecule has 4 heteroatoms. The zero-order chi connectivity index (χ0) is 17.2. The lowest BCUT2D eigenvalue weighted by Gasteiger charge is -2.23. The lowest BCUT2D eigenvalue weighted by atomic mass is 9.95. The first kappa shape index (κ1) is 17.2. The minimum absolute atomic E-state index is 0.0131. The SMILES string of the molecule is O=C(CC1CCCC1)c1cc(C2CC2NC2CCOCC2)ccc1F. The number of halogens is 1. The van der Waals surface area contributed by atoms with Crippen LogP contribution in [0.15, 0.2) is 18.2 Å². The van der Waals surface area contributed by atoms with Gasteiger partial charge in [0.2, 0.25) is 0 Å². The Balaban J connectivity index is 1.38. The van der Waals surface area contributed by atoms with E-state index in [-0.39, 0.29) is 11.6 Å². The van der Waals surface area contributed by atoms with E-state index in [0.717, 1.165) is 50.9 Å². The molecule has 1 aliphatic heterocycles. The molecule has 1 aromatic rings. The average Bonchev–Trinajstić information content (AvgIpc) is 3.19. The van der Waals surface area contributed by atoms with Crippen LogP contribution in [0.1, 0.15) is 73.2 Å². The largest absolute Gasteiger partial charge is 0.381 e. The van der Waals surface area contributed by atoms with E-state index in [1.807, 2.05) is 12.1 Å². The summed E-state index contributed by atoms with van der Waals surface area (Å²) < 4.78 is 19.6. The molecule has 3 fully saturated rings. The third kappa shape index (κ3) is 4.12. The first-order valence-electron chi connectivity index (χ1n) is 9.87. The molecule has 25 heavy (non-hydrogen) atoms. The summed E-state index contributed by atoms with van der Waals surface area (Å²) in [5.74, 6) is 0.503. The Morgan fingerprint density at radius 3 is 2.68 bits per heavy atom. The number of rotatable bonds is 6. The second-order valence-corrected chi connectivity index (χ2v) is 8.02. The van der Waals surface area contributed by atoms with Gasteiger partial charge in [-0.05, 0) is 42.9 Å². The molecule has 1 heterocycles. The van der Waals surface area contributed by atoms with E-state index in [1.165, 1.54) is 18.9 Å². The highest BCUT2D eigenvalue weighted by Crippen LogP contribution is 2.42. The smallest absolute Gasteiger partial charge is 0.166 e. The van der Waals surface area contributed by atoms with Crippen molar-refractivity contribution in [1.82, 2.24) is 5.32 Å². The lowest BCUT2D eigenvalue weighted by Crippen LogP contribution is -2.36. The van der Waals surface area contributed by atoms with E-state index in [2.05, 4.69) is 5.32 Å². The number of hydrogen-bond acceptors (Lipinski definition) is 3. The Labute approximate surface area is 149 Å². The Bertz CT molecular complexity index is 620. The zero-order valence-electron chi connectivity index (χ0n) is 14.8. The fourth-order valence-electron chi connectivity index (χ4n) is 4.49. The van der Waals surface area contributed by atoms with Crippen molar-refractivity contribution in [3.05, 3.63) is 35.1 Å². The molecule has 2 atom stereocenters. The quantitative estimate of drug-likeness (QED) is 0.785. The molecule has 1 saturated heterocycles. The van der Waals surface area contributed by atoms with Gasteiger partial charge in [-0.2, -0.15) is 0 Å². The number of nitrogens with one attached hydrogen (secondary N) is 1. The number of Topliss-reactive ketones (excluding diaryl/α,β-unsaturated/α-hetero) is 1. The molecular formula is C21H28FNO2. The molecule has 2 aliphatic carbocycles. The van der Waals surface area contributed by atoms with Crippen molar-refractivity contribution in [3.63, 3.8) is 0 Å². The van der Waals surface area contributed by atoms with Crippen molar-refractivity contribution in [3.8, 4) is 0 Å². The van der Waals surface area contributed by atoms with E-state index in [1.54, 1.807) is 0 Å². The van der Waals surface area contributed by atoms with Crippen LogP contribution in [0.25, 0.3) is 0 Å². The van der Waals surface area contributed by atoms with Crippen LogP contribution >= 0.6 is 0 Å². The number of hydrogen-bond donors (Lipinski definition) is 1. The molecule has 1 N–H and O–H groups in total. The van der Waals surface area contributed by atoms with E-state index < -0.39 is 0 Å². The number of benzene rings is 1. The summed E-state index contributed by atoms with van der Waals surface area (Å²) in [6.07, 6.45) is 8.38. The van der Waals surface area contributed by atoms with Crippen LogP contribution in [0.3, 0.4) is 0 Å². The minimum Gasteiger partial charge on any atom is -0.381 e. The molecule has 136 valence electrons. The Hall–Kier alpha value is -1.26. The highest BCUT2D eigenvalue weighted by atomic mass is 19.1. The summed E-state index contributed by atoms with van der Waals surface area (Å²) in [5, 5.41) is 3.70. The Kier molecular flexibility index (Phi) is 5.18. The van der Waals surface area contributed by atoms with Gasteiger partial charge in [-0.25, -0.2) is 4.39 Å². The predicted octanol–water partition coefficient (Wildman–Crippen LogP) is 4.21. The van der Waals surface area contributed by atoms with Crippen molar-refractivity contribution in [2.24, 2.45) is 5.92 Å². The van der Waals surface area contributed by atoms with Crippen LogP contribution in [0.2, 0.25) is 0 Å². The third-order valence-electron chi connectivity index (χ3n) is 6.13. The summed E-state index contributed by atoms with van der Waals surface area (Å²) >= 11 is 0. The van der Waals surface area contributed by atoms with E-state index in [4.69, 9.17) is 4.74 Å². The van der Waals surface area contributed by atoms with E-state index >= 15 is 0 Å². The maximum atomic E-state index is 14.2. The monoisotopic (exact) mass is 345 g/mol. The second kappa shape index (κ2) is 7.55. The van der Waals surface area contributed by atoms with Crippen LogP contribution in [-0.4, -0.2) is 31.1 Å². The molecule has 3 aliphatic rings. The topological polar surface area (TPSA) is 38.3 Å². The summed E-state index contributed by atoms with van der Waals surface area (Å²) in [4.78, 5) is 12.5. The molecule has 1 aromatic carbocycles. The van der Waals surface area contributed by atoms with Gasteiger partial charge in [0.15, 0.2) is 5.78 Å². The second-order valence-electron chi connectivity index (χ2n) is 8.02. The van der Waals surface area contributed by atoms with E-state index in [0.29, 0.717) is 35.9 Å². The van der Waals surface area contributed by atoms with Gasteiger partial charge in [0.25, 0.3) is 0 Å². The van der Waals surface area contributed by atoms with Crippen molar-refractivity contribution in [1.29, 1.82) is 0 Å². The van der Waals surface area contributed by atoms with Gasteiger partial charge >= 0.3 is 0 Å². The fraction of sp³-hybridized carbons (Fsp3) is 0.667. The minimum atomic E-state index is -0.360. The lowest BCUT2D eigenvalue weighted by molar-refractivity contribution is 0.0774. The molecule has 0 bridgehead atoms. The highest BCUT2D eigenvalue weighted by molar-refractivity contribution is 5.96. The predicted molar refractivity (Wildman–Crippen MR) is 95.4 cm³/mol. The number of ether oxygens (including phenoxy) is 1. The van der Waals surface area contributed by atoms with Crippen LogP contribution < -0.4 is 5.32 Å². The van der Waals surface area contributed by atoms with Gasteiger partial charge in [0, 0.05) is 37.6 Å². The number of carbonyl (C=O) groups is 1. The molecule has 2 saturated carbocycles. The van der Waals surface area contributed by atoms with Gasteiger partial charge in [0.05, 0.1) is 5.56 Å². The van der Waals surface area contributed by atoms with E-state index in [9.17, 15) is 9.18 Å². The van der Waals surface area contributed by atoms with Gasteiger partial charge in [0.1, 0.15) is 5.82 Å². The highest BCUT2D eigenvalue weighted by Gasteiger charge is 2.40. The molecule has 0 amide bonds. The van der Waals surface area contributed by atoms with Crippen LogP contribution in [-0.2, 0) is 4.74 Å². The van der Waals surface area contributed by atoms with Crippen molar-refractivity contribution in [2.45, 2.75) is 69.4 Å². The van der Waals surface area contributed by atoms with Crippen molar-refractivity contribution in [2.75, 3.05) is 13.2 Å². The Morgan fingerprint density at radius 2 is 1.92 bits per heavy atom. The normalized spacial score (nSPS) is 27.6. The summed E-state index contributed by atoms with van der Waals surface area (Å²) in [7, 11) is 0. The number of ketones is 1. The van der Waals surface area contributed by atoms with Gasteiger partial charge in [-0.3, -0.25) is 4.79 Å². The maximum Gasteiger partial charge on any atom is 0.166 e. The Morgan fingerprint density at radius 1 is 1.16 bits per heavy atom. The molecule has 2 unspecified atom stereocenters. The maximum absolute atomic E-state index is 14.2. The summed E-state index contributed by atoms with van der Waals surface area (Å²) in [5.41, 5.74) is 1.42. The molecule has 0 radical (unpaired) electrons. The first-order chi connectivity index (χ1) is 12.2. The van der Waals surface area contributed by atoms with Gasteiger partial charge in [-0.15, -0.1) is 0 Å². The summed E-state index contributed by atoms with van der Waals surface area (Å²) in [6.45, 7) is 1.68. The third-order valence-corrected chi connectivity index (χ3v) is 6.13. The van der Waals surface area contributed by atoms with Crippen molar-refractivity contribution >= 4 is 5.78 Å². The molecule has 0 aromatic heterocycles. The molecule has 0 spiro atoms. The van der Waals surface area contributed by atoms with Crippen LogP contribution in [0, 0.1) is 11.7 Å².